The molecule has 1 aliphatic rings. The zero-order chi connectivity index (χ0) is 8.10. The van der Waals surface area contributed by atoms with Crippen molar-refractivity contribution >= 4 is 6.21 Å². The Morgan fingerprint density at radius 1 is 1.36 bits per heavy atom. The van der Waals surface area contributed by atoms with Gasteiger partial charge in [0.2, 0.25) is 0 Å². The Labute approximate surface area is 68.9 Å². The van der Waals surface area contributed by atoms with Crippen LogP contribution in [0.1, 0.15) is 39.0 Å². The van der Waals surface area contributed by atoms with E-state index in [0.29, 0.717) is 5.92 Å². The molecule has 1 unspecified atom stereocenters. The Balaban J connectivity index is 2.32. The molecule has 0 aliphatic heterocycles. The first-order valence-electron chi connectivity index (χ1n) is 4.58. The van der Waals surface area contributed by atoms with Gasteiger partial charge in [-0.2, -0.15) is 5.10 Å². The highest BCUT2D eigenvalue weighted by Gasteiger charge is 2.18. The average molecular weight is 154 g/mol. The second-order valence-corrected chi connectivity index (χ2v) is 3.56. The molecule has 11 heavy (non-hydrogen) atoms. The molecule has 2 N–H and O–H groups in total. The minimum Gasteiger partial charge on any atom is -0.324 e. The highest BCUT2D eigenvalue weighted by molar-refractivity contribution is 5.60. The first-order chi connectivity index (χ1) is 5.34. The van der Waals surface area contributed by atoms with E-state index in [1.807, 2.05) is 6.21 Å². The molecule has 0 aromatic heterocycles. The fourth-order valence-electron chi connectivity index (χ4n) is 1.92. The van der Waals surface area contributed by atoms with E-state index in [1.165, 1.54) is 32.1 Å². The fourth-order valence-corrected chi connectivity index (χ4v) is 1.92. The van der Waals surface area contributed by atoms with Gasteiger partial charge in [-0.1, -0.05) is 26.2 Å². The first kappa shape index (κ1) is 8.57. The summed E-state index contributed by atoms with van der Waals surface area (Å²) < 4.78 is 0. The smallest absolute Gasteiger partial charge is 0.0271 e. The average Bonchev–Trinajstić information content (AvgIpc) is 2.07. The Morgan fingerprint density at radius 2 is 2.00 bits per heavy atom. The zero-order valence-electron chi connectivity index (χ0n) is 7.29. The summed E-state index contributed by atoms with van der Waals surface area (Å²) in [4.78, 5) is 0. The maximum absolute atomic E-state index is 5.11. The highest BCUT2D eigenvalue weighted by atomic mass is 15.1. The molecule has 1 atom stereocenters. The lowest BCUT2D eigenvalue weighted by Crippen LogP contribution is -2.16. The molecule has 0 spiro atoms. The molecule has 0 heterocycles. The molecule has 2 heteroatoms. The molecule has 2 nitrogen and oxygen atoms in total. The molecule has 1 saturated carbocycles. The molecule has 0 aromatic rings. The molecule has 0 bridgehead atoms. The minimum atomic E-state index is 0.584. The largest absolute Gasteiger partial charge is 0.324 e. The van der Waals surface area contributed by atoms with Crippen LogP contribution in [0.5, 0.6) is 0 Å². The summed E-state index contributed by atoms with van der Waals surface area (Å²) >= 11 is 0. The Hall–Kier alpha value is -0.530. The monoisotopic (exact) mass is 154 g/mol. The van der Waals surface area contributed by atoms with Crippen LogP contribution in [0.3, 0.4) is 0 Å². The van der Waals surface area contributed by atoms with Crippen LogP contribution in [-0.2, 0) is 0 Å². The molecule has 1 rings (SSSR count). The summed E-state index contributed by atoms with van der Waals surface area (Å²) in [7, 11) is 0. The summed E-state index contributed by atoms with van der Waals surface area (Å²) in [6.45, 7) is 2.21. The highest BCUT2D eigenvalue weighted by Crippen LogP contribution is 2.28. The van der Waals surface area contributed by atoms with E-state index < -0.39 is 0 Å². The van der Waals surface area contributed by atoms with E-state index in [9.17, 15) is 0 Å². The van der Waals surface area contributed by atoms with E-state index >= 15 is 0 Å². The van der Waals surface area contributed by atoms with Crippen LogP contribution in [0, 0.1) is 11.8 Å². The second-order valence-electron chi connectivity index (χ2n) is 3.56. The molecule has 0 saturated heterocycles. The summed E-state index contributed by atoms with van der Waals surface area (Å²) in [5, 5.41) is 3.59. The number of nitrogens with zero attached hydrogens (tertiary/aromatic N) is 1. The molecule has 1 fully saturated rings. The molecule has 0 radical (unpaired) electrons. The third-order valence-corrected chi connectivity index (χ3v) is 2.71. The van der Waals surface area contributed by atoms with Crippen molar-refractivity contribution in [2.24, 2.45) is 22.8 Å². The Morgan fingerprint density at radius 3 is 2.55 bits per heavy atom. The van der Waals surface area contributed by atoms with Gasteiger partial charge in [0.15, 0.2) is 0 Å². The molecule has 64 valence electrons. The number of rotatable bonds is 2. The van der Waals surface area contributed by atoms with Gasteiger partial charge in [-0.25, -0.2) is 0 Å². The van der Waals surface area contributed by atoms with E-state index in [2.05, 4.69) is 12.0 Å². The molecule has 1 aliphatic carbocycles. The van der Waals surface area contributed by atoms with Crippen molar-refractivity contribution in [1.29, 1.82) is 0 Å². The van der Waals surface area contributed by atoms with E-state index in [4.69, 9.17) is 5.84 Å². The molecule has 0 amide bonds. The summed E-state index contributed by atoms with van der Waals surface area (Å²) in [6, 6.07) is 0. The zero-order valence-corrected chi connectivity index (χ0v) is 7.29. The van der Waals surface area contributed by atoms with Crippen LogP contribution < -0.4 is 5.84 Å². The first-order valence-corrected chi connectivity index (χ1v) is 4.58. The van der Waals surface area contributed by atoms with Crippen LogP contribution in [0.2, 0.25) is 0 Å². The topological polar surface area (TPSA) is 38.4 Å². The lowest BCUT2D eigenvalue weighted by atomic mass is 9.81. The maximum atomic E-state index is 5.11. The quantitative estimate of drug-likeness (QED) is 0.369. The van der Waals surface area contributed by atoms with Gasteiger partial charge in [-0.15, -0.1) is 0 Å². The molecule has 0 aromatic carbocycles. The number of hydrazone groups is 1. The normalized spacial score (nSPS) is 24.1. The van der Waals surface area contributed by atoms with E-state index in [0.717, 1.165) is 5.92 Å². The Bertz CT molecular complexity index is 126. The summed E-state index contributed by atoms with van der Waals surface area (Å²) in [5.41, 5.74) is 0. The SMILES string of the molecule is CC(/C=N/N)C1CCCCC1. The molecular weight excluding hydrogens is 136 g/mol. The minimum absolute atomic E-state index is 0.584. The van der Waals surface area contributed by atoms with Gasteiger partial charge in [0.1, 0.15) is 0 Å². The van der Waals surface area contributed by atoms with Crippen LogP contribution in [0.15, 0.2) is 5.10 Å². The van der Waals surface area contributed by atoms with Crippen LogP contribution >= 0.6 is 0 Å². The molecular formula is C9H18N2. The van der Waals surface area contributed by atoms with Gasteiger partial charge in [0, 0.05) is 6.21 Å². The van der Waals surface area contributed by atoms with Crippen molar-refractivity contribution in [2.45, 2.75) is 39.0 Å². The van der Waals surface area contributed by atoms with E-state index in [-0.39, 0.29) is 0 Å². The maximum Gasteiger partial charge on any atom is 0.0271 e. The van der Waals surface area contributed by atoms with Crippen LogP contribution in [0.4, 0.5) is 0 Å². The number of hydrogen-bond donors (Lipinski definition) is 1. The van der Waals surface area contributed by atoms with Crippen LogP contribution in [-0.4, -0.2) is 6.21 Å². The van der Waals surface area contributed by atoms with Gasteiger partial charge in [0.05, 0.1) is 0 Å². The van der Waals surface area contributed by atoms with Gasteiger partial charge in [-0.05, 0) is 24.7 Å². The van der Waals surface area contributed by atoms with Crippen molar-refractivity contribution < 1.29 is 0 Å². The van der Waals surface area contributed by atoms with Gasteiger partial charge in [-0.3, -0.25) is 0 Å². The van der Waals surface area contributed by atoms with Gasteiger partial charge < -0.3 is 5.84 Å². The van der Waals surface area contributed by atoms with Gasteiger partial charge in [0.25, 0.3) is 0 Å². The third kappa shape index (κ3) is 2.52. The van der Waals surface area contributed by atoms with Crippen molar-refractivity contribution in [3.05, 3.63) is 0 Å². The number of hydrogen-bond acceptors (Lipinski definition) is 2. The third-order valence-electron chi connectivity index (χ3n) is 2.71. The summed E-state index contributed by atoms with van der Waals surface area (Å²) in [6.07, 6.45) is 8.83. The lowest BCUT2D eigenvalue weighted by molar-refractivity contribution is 0.315. The second kappa shape index (κ2) is 4.37. The standard InChI is InChI=1S/C9H18N2/c1-8(7-11-10)9-5-3-2-4-6-9/h7-9H,2-6,10H2,1H3/b11-7+. The predicted molar refractivity (Wildman–Crippen MR) is 48.4 cm³/mol. The fraction of sp³-hybridized carbons (Fsp3) is 0.889. The Kier molecular flexibility index (Phi) is 3.40. The van der Waals surface area contributed by atoms with Crippen molar-refractivity contribution in [3.8, 4) is 0 Å². The lowest BCUT2D eigenvalue weighted by Gasteiger charge is -2.24. The van der Waals surface area contributed by atoms with Crippen LogP contribution in [0.25, 0.3) is 0 Å². The van der Waals surface area contributed by atoms with E-state index in [1.54, 1.807) is 0 Å². The van der Waals surface area contributed by atoms with Crippen molar-refractivity contribution in [2.75, 3.05) is 0 Å². The summed E-state index contributed by atoms with van der Waals surface area (Å²) in [5.74, 6) is 6.53. The predicted octanol–water partition coefficient (Wildman–Crippen LogP) is 2.15. The number of nitrogens with two attached hydrogens (primary N) is 1. The van der Waals surface area contributed by atoms with Crippen molar-refractivity contribution in [3.63, 3.8) is 0 Å². The van der Waals surface area contributed by atoms with Crippen molar-refractivity contribution in [1.82, 2.24) is 0 Å². The van der Waals surface area contributed by atoms with Gasteiger partial charge >= 0.3 is 0 Å².